The first-order valence-corrected chi connectivity index (χ1v) is 6.93. The predicted molar refractivity (Wildman–Crippen MR) is 74.5 cm³/mol. The third-order valence-corrected chi connectivity index (χ3v) is 4.11. The average Bonchev–Trinajstić information content (AvgIpc) is 2.82. The van der Waals surface area contributed by atoms with Crippen molar-refractivity contribution in [3.8, 4) is 0 Å². The highest BCUT2D eigenvalue weighted by Gasteiger charge is 2.34. The lowest BCUT2D eigenvalue weighted by Gasteiger charge is -2.36. The van der Waals surface area contributed by atoms with E-state index in [0.29, 0.717) is 6.04 Å². The van der Waals surface area contributed by atoms with Gasteiger partial charge in [-0.25, -0.2) is 0 Å². The maximum Gasteiger partial charge on any atom is 0.194 e. The Labute approximate surface area is 109 Å². The molecule has 0 saturated carbocycles. The number of aliphatic imine (C=N–C) groups is 1. The first kappa shape index (κ1) is 11.6. The molecule has 0 aliphatic carbocycles. The normalized spacial score (nSPS) is 26.7. The fourth-order valence-electron chi connectivity index (χ4n) is 3.00. The minimum atomic E-state index is 0.636. The summed E-state index contributed by atoms with van der Waals surface area (Å²) in [5.41, 5.74) is 1.31. The van der Waals surface area contributed by atoms with Crippen molar-refractivity contribution in [2.75, 3.05) is 13.1 Å². The van der Waals surface area contributed by atoms with E-state index in [0.717, 1.165) is 31.5 Å². The van der Waals surface area contributed by atoms with Crippen LogP contribution in [0, 0.1) is 5.92 Å². The van der Waals surface area contributed by atoms with Crippen LogP contribution in [0.25, 0.3) is 0 Å². The van der Waals surface area contributed by atoms with Crippen molar-refractivity contribution in [1.29, 1.82) is 0 Å². The molecule has 0 amide bonds. The smallest absolute Gasteiger partial charge is 0.194 e. The van der Waals surface area contributed by atoms with E-state index in [1.807, 2.05) is 0 Å². The van der Waals surface area contributed by atoms with Gasteiger partial charge in [0.05, 0.1) is 12.6 Å². The van der Waals surface area contributed by atoms with E-state index in [1.165, 1.54) is 18.4 Å². The standard InChI is InChI=1S/C15H21N3/c1-12-6-5-9-18-14(12)11-17-15(18)16-10-13-7-3-2-4-8-13/h2-4,7-8,12,14H,5-6,9-11H2,1H3,(H,16,17). The molecule has 18 heavy (non-hydrogen) atoms. The van der Waals surface area contributed by atoms with Gasteiger partial charge in [0.25, 0.3) is 0 Å². The lowest BCUT2D eigenvalue weighted by Crippen LogP contribution is -2.48. The molecular formula is C15H21N3. The van der Waals surface area contributed by atoms with Crippen LogP contribution in [0.2, 0.25) is 0 Å². The fraction of sp³-hybridized carbons (Fsp3) is 0.533. The summed E-state index contributed by atoms with van der Waals surface area (Å²) in [5, 5.41) is 3.49. The van der Waals surface area contributed by atoms with E-state index < -0.39 is 0 Å². The van der Waals surface area contributed by atoms with Crippen LogP contribution >= 0.6 is 0 Å². The second-order valence-electron chi connectivity index (χ2n) is 5.38. The minimum Gasteiger partial charge on any atom is -0.352 e. The summed E-state index contributed by atoms with van der Waals surface area (Å²) in [6.07, 6.45) is 2.65. The highest BCUT2D eigenvalue weighted by atomic mass is 15.4. The van der Waals surface area contributed by atoms with E-state index in [4.69, 9.17) is 0 Å². The summed E-state index contributed by atoms with van der Waals surface area (Å²) in [6, 6.07) is 11.2. The monoisotopic (exact) mass is 243 g/mol. The molecule has 0 radical (unpaired) electrons. The molecule has 0 bridgehead atoms. The Morgan fingerprint density at radius 1 is 1.33 bits per heavy atom. The molecule has 3 rings (SSSR count). The van der Waals surface area contributed by atoms with Gasteiger partial charge >= 0.3 is 0 Å². The van der Waals surface area contributed by atoms with Gasteiger partial charge in [-0.2, -0.15) is 0 Å². The molecule has 2 atom stereocenters. The number of hydrogen-bond donors (Lipinski definition) is 1. The SMILES string of the molecule is CC1CCCN2C(NCc3ccccc3)=NCC12. The van der Waals surface area contributed by atoms with Crippen LogP contribution in [-0.2, 0) is 6.54 Å². The van der Waals surface area contributed by atoms with Crippen LogP contribution < -0.4 is 5.32 Å². The summed E-state index contributed by atoms with van der Waals surface area (Å²) in [6.45, 7) is 5.36. The lowest BCUT2D eigenvalue weighted by atomic mass is 9.92. The number of piperidine rings is 1. The lowest BCUT2D eigenvalue weighted by molar-refractivity contribution is 0.195. The Hall–Kier alpha value is -1.51. The molecule has 2 aliphatic heterocycles. The van der Waals surface area contributed by atoms with Gasteiger partial charge in [0.1, 0.15) is 0 Å². The Morgan fingerprint density at radius 3 is 3.00 bits per heavy atom. The van der Waals surface area contributed by atoms with Gasteiger partial charge in [-0.15, -0.1) is 0 Å². The summed E-state index contributed by atoms with van der Waals surface area (Å²) < 4.78 is 0. The van der Waals surface area contributed by atoms with Crippen LogP contribution in [0.4, 0.5) is 0 Å². The van der Waals surface area contributed by atoms with Crippen molar-refractivity contribution in [2.24, 2.45) is 10.9 Å². The second-order valence-corrected chi connectivity index (χ2v) is 5.38. The Morgan fingerprint density at radius 2 is 2.17 bits per heavy atom. The molecule has 96 valence electrons. The molecule has 1 fully saturated rings. The molecule has 1 N–H and O–H groups in total. The minimum absolute atomic E-state index is 0.636. The zero-order valence-corrected chi connectivity index (χ0v) is 11.0. The molecule has 0 spiro atoms. The molecule has 3 heteroatoms. The average molecular weight is 243 g/mol. The molecule has 2 heterocycles. The molecule has 3 nitrogen and oxygen atoms in total. The fourth-order valence-corrected chi connectivity index (χ4v) is 3.00. The van der Waals surface area contributed by atoms with Gasteiger partial charge in [-0.1, -0.05) is 37.3 Å². The van der Waals surface area contributed by atoms with Gasteiger partial charge in [0, 0.05) is 13.1 Å². The van der Waals surface area contributed by atoms with Crippen molar-refractivity contribution < 1.29 is 0 Å². The maximum atomic E-state index is 4.68. The van der Waals surface area contributed by atoms with Gasteiger partial charge in [-0.3, -0.25) is 4.99 Å². The van der Waals surface area contributed by atoms with Crippen molar-refractivity contribution in [2.45, 2.75) is 32.4 Å². The molecular weight excluding hydrogens is 222 g/mol. The predicted octanol–water partition coefficient (Wildman–Crippen LogP) is 2.25. The first-order valence-electron chi connectivity index (χ1n) is 6.93. The van der Waals surface area contributed by atoms with E-state index in [2.05, 4.69) is 52.5 Å². The number of nitrogens with one attached hydrogen (secondary N) is 1. The molecule has 1 aromatic rings. The van der Waals surface area contributed by atoms with Crippen LogP contribution in [0.5, 0.6) is 0 Å². The number of rotatable bonds is 2. The number of benzene rings is 1. The summed E-state index contributed by atoms with van der Waals surface area (Å²) >= 11 is 0. The summed E-state index contributed by atoms with van der Waals surface area (Å²) in [4.78, 5) is 7.15. The van der Waals surface area contributed by atoms with Crippen LogP contribution in [-0.4, -0.2) is 30.0 Å². The number of nitrogens with zero attached hydrogens (tertiary/aromatic N) is 2. The molecule has 1 aromatic carbocycles. The molecule has 2 unspecified atom stereocenters. The van der Waals surface area contributed by atoms with Gasteiger partial charge in [-0.05, 0) is 24.3 Å². The number of guanidine groups is 1. The summed E-state index contributed by atoms with van der Waals surface area (Å²) in [5.74, 6) is 1.88. The zero-order valence-electron chi connectivity index (χ0n) is 11.0. The molecule has 1 saturated heterocycles. The van der Waals surface area contributed by atoms with Crippen molar-refractivity contribution in [1.82, 2.24) is 10.2 Å². The number of fused-ring (bicyclic) bond motifs is 1. The third kappa shape index (κ3) is 2.22. The van der Waals surface area contributed by atoms with E-state index >= 15 is 0 Å². The second kappa shape index (κ2) is 5.01. The van der Waals surface area contributed by atoms with Crippen molar-refractivity contribution in [3.63, 3.8) is 0 Å². The first-order chi connectivity index (χ1) is 8.84. The van der Waals surface area contributed by atoms with Gasteiger partial charge in [0.15, 0.2) is 5.96 Å². The van der Waals surface area contributed by atoms with Gasteiger partial charge in [0.2, 0.25) is 0 Å². The Bertz CT molecular complexity index is 427. The molecule has 2 aliphatic rings. The topological polar surface area (TPSA) is 27.6 Å². The van der Waals surface area contributed by atoms with Crippen molar-refractivity contribution in [3.05, 3.63) is 35.9 Å². The quantitative estimate of drug-likeness (QED) is 0.862. The molecule has 0 aromatic heterocycles. The van der Waals surface area contributed by atoms with Crippen LogP contribution in [0.3, 0.4) is 0 Å². The zero-order chi connectivity index (χ0) is 12.4. The van der Waals surface area contributed by atoms with E-state index in [1.54, 1.807) is 0 Å². The third-order valence-electron chi connectivity index (χ3n) is 4.11. The van der Waals surface area contributed by atoms with Crippen LogP contribution in [0.1, 0.15) is 25.3 Å². The Balaban J connectivity index is 1.61. The number of hydrogen-bond acceptors (Lipinski definition) is 3. The van der Waals surface area contributed by atoms with E-state index in [9.17, 15) is 0 Å². The highest BCUT2D eigenvalue weighted by Crippen LogP contribution is 2.26. The van der Waals surface area contributed by atoms with Crippen LogP contribution in [0.15, 0.2) is 35.3 Å². The highest BCUT2D eigenvalue weighted by molar-refractivity contribution is 5.82. The largest absolute Gasteiger partial charge is 0.352 e. The van der Waals surface area contributed by atoms with Crippen molar-refractivity contribution >= 4 is 5.96 Å². The van der Waals surface area contributed by atoms with E-state index in [-0.39, 0.29) is 0 Å². The van der Waals surface area contributed by atoms with Gasteiger partial charge < -0.3 is 10.2 Å². The summed E-state index contributed by atoms with van der Waals surface area (Å²) in [7, 11) is 0. The Kier molecular flexibility index (Phi) is 3.22. The maximum absolute atomic E-state index is 4.68.